The van der Waals surface area contributed by atoms with E-state index in [4.69, 9.17) is 15.9 Å². The van der Waals surface area contributed by atoms with Crippen LogP contribution in [0.15, 0.2) is 0 Å². The van der Waals surface area contributed by atoms with Crippen LogP contribution >= 0.6 is 0 Å². The number of amides is 1. The van der Waals surface area contributed by atoms with Crippen molar-refractivity contribution < 1.29 is 28.2 Å². The maximum absolute atomic E-state index is 10.5. The van der Waals surface area contributed by atoms with Crippen molar-refractivity contribution in [3.63, 3.8) is 0 Å². The maximum atomic E-state index is 10.5. The molecule has 1 unspecified atom stereocenters. The number of sulfone groups is 1. The summed E-state index contributed by atoms with van der Waals surface area (Å²) in [6.07, 6.45) is 6.79. The second kappa shape index (κ2) is 16.9. The van der Waals surface area contributed by atoms with Crippen LogP contribution in [0.5, 0.6) is 0 Å². The van der Waals surface area contributed by atoms with Gasteiger partial charge in [-0.3, -0.25) is 9.59 Å². The number of carboxylic acid groups (broad SMARTS) is 1. The number of primary amides is 1. The van der Waals surface area contributed by atoms with Crippen LogP contribution in [-0.4, -0.2) is 55.7 Å². The summed E-state index contributed by atoms with van der Waals surface area (Å²) in [7, 11) is -2.93. The predicted octanol–water partition coefficient (Wildman–Crippen LogP) is 1.55. The van der Waals surface area contributed by atoms with Crippen LogP contribution in [0.25, 0.3) is 0 Å². The lowest BCUT2D eigenvalue weighted by molar-refractivity contribution is -0.135. The predicted molar refractivity (Wildman–Crippen MR) is 109 cm³/mol. The normalized spacial score (nSPS) is 16.8. The van der Waals surface area contributed by atoms with Crippen LogP contribution < -0.4 is 11.5 Å². The van der Waals surface area contributed by atoms with E-state index in [0.717, 1.165) is 18.6 Å². The third kappa shape index (κ3) is 24.8. The van der Waals surface area contributed by atoms with Crippen molar-refractivity contribution in [1.82, 2.24) is 0 Å². The Bertz CT molecular complexity index is 488. The molecule has 0 aliphatic heterocycles. The molecule has 6 N–H and O–H groups in total. The number of carbonyl (C=O) groups is 2. The molecule has 0 aromatic heterocycles. The number of hydrogen-bond donors (Lipinski definition) is 4. The molecule has 1 atom stereocenters. The van der Waals surface area contributed by atoms with Gasteiger partial charge in [-0.05, 0) is 37.0 Å². The molecular formula is C18H40N2O6S. The van der Waals surface area contributed by atoms with Crippen LogP contribution in [0.2, 0.25) is 0 Å². The monoisotopic (exact) mass is 412 g/mol. The first-order valence-corrected chi connectivity index (χ1v) is 11.3. The molecule has 27 heavy (non-hydrogen) atoms. The highest BCUT2D eigenvalue weighted by atomic mass is 32.2. The summed E-state index contributed by atoms with van der Waals surface area (Å²) >= 11 is 0. The van der Waals surface area contributed by atoms with Gasteiger partial charge in [-0.1, -0.05) is 34.1 Å². The molecule has 164 valence electrons. The number of aliphatic hydroxyl groups excluding tert-OH is 1. The fraction of sp³-hybridized carbons (Fsp3) is 0.889. The summed E-state index contributed by atoms with van der Waals surface area (Å²) in [4.78, 5) is 19.4. The van der Waals surface area contributed by atoms with Crippen LogP contribution in [0.4, 0.5) is 0 Å². The summed E-state index contributed by atoms with van der Waals surface area (Å²) < 4.78 is 20.9. The number of nitrogens with two attached hydrogens (primary N) is 2. The van der Waals surface area contributed by atoms with Crippen molar-refractivity contribution in [1.29, 1.82) is 0 Å². The van der Waals surface area contributed by atoms with Crippen molar-refractivity contribution in [2.75, 3.05) is 25.2 Å². The van der Waals surface area contributed by atoms with E-state index in [1.165, 1.54) is 19.3 Å². The molecule has 1 fully saturated rings. The van der Waals surface area contributed by atoms with E-state index in [1.54, 1.807) is 0 Å². The lowest BCUT2D eigenvalue weighted by Crippen LogP contribution is -2.33. The number of aliphatic carboxylic acids is 1. The van der Waals surface area contributed by atoms with Crippen molar-refractivity contribution in [3.8, 4) is 0 Å². The van der Waals surface area contributed by atoms with E-state index in [9.17, 15) is 18.0 Å². The molecule has 0 heterocycles. The molecular weight excluding hydrogens is 372 g/mol. The molecule has 1 amide bonds. The van der Waals surface area contributed by atoms with E-state index in [1.807, 2.05) is 6.92 Å². The van der Waals surface area contributed by atoms with Crippen LogP contribution in [0, 0.1) is 11.3 Å². The second-order valence-corrected chi connectivity index (χ2v) is 9.41. The fourth-order valence-electron chi connectivity index (χ4n) is 2.19. The van der Waals surface area contributed by atoms with Crippen molar-refractivity contribution in [3.05, 3.63) is 0 Å². The van der Waals surface area contributed by atoms with Gasteiger partial charge in [-0.15, -0.1) is 0 Å². The van der Waals surface area contributed by atoms with Gasteiger partial charge in [0.2, 0.25) is 5.91 Å². The van der Waals surface area contributed by atoms with Gasteiger partial charge in [0.15, 0.2) is 0 Å². The lowest BCUT2D eigenvalue weighted by atomic mass is 9.62. The minimum atomic E-state index is -2.93. The van der Waals surface area contributed by atoms with Crippen molar-refractivity contribution >= 4 is 21.7 Å². The van der Waals surface area contributed by atoms with Crippen molar-refractivity contribution in [2.45, 2.75) is 66.2 Å². The molecule has 1 aliphatic carbocycles. The highest BCUT2D eigenvalue weighted by molar-refractivity contribution is 7.90. The van der Waals surface area contributed by atoms with Gasteiger partial charge in [-0.25, -0.2) is 8.42 Å². The van der Waals surface area contributed by atoms with Gasteiger partial charge in [0, 0.05) is 19.3 Å². The van der Waals surface area contributed by atoms with Gasteiger partial charge in [0.1, 0.15) is 9.84 Å². The summed E-state index contributed by atoms with van der Waals surface area (Å²) in [5.74, 6) is -0.355. The van der Waals surface area contributed by atoms with Gasteiger partial charge in [0.25, 0.3) is 0 Å². The molecule has 0 bridgehead atoms. The summed E-state index contributed by atoms with van der Waals surface area (Å²) in [6.45, 7) is 9.03. The summed E-state index contributed by atoms with van der Waals surface area (Å²) in [6, 6.07) is 0. The topological polar surface area (TPSA) is 161 Å². The number of aliphatic hydroxyl groups is 1. The van der Waals surface area contributed by atoms with E-state index < -0.39 is 21.7 Å². The molecule has 1 aliphatic rings. The minimum Gasteiger partial charge on any atom is -0.480 e. The fourth-order valence-corrected chi connectivity index (χ4v) is 2.86. The summed E-state index contributed by atoms with van der Waals surface area (Å²) in [5.41, 5.74) is 10.0. The Morgan fingerprint density at radius 2 is 1.67 bits per heavy atom. The standard InChI is InChI=1S/C8H16.C5H11NO3S.C3H8O.C2H5NO2/c1-4-7-5-6-8(7,2)3;1-10(8,9)4-2-3-5(6)7;1-2-3-4;3-1-2(4)5/h7H,4-6H2,1-3H3;2-4H2,1H3,(H2,6,7);4H,2-3H2,1H3;1,3H2,(H,4,5). The maximum Gasteiger partial charge on any atom is 0.317 e. The Hall–Kier alpha value is -1.19. The highest BCUT2D eigenvalue weighted by Crippen LogP contribution is 2.47. The number of hydrogen-bond acceptors (Lipinski definition) is 6. The van der Waals surface area contributed by atoms with E-state index in [-0.39, 0.29) is 18.7 Å². The van der Waals surface area contributed by atoms with Gasteiger partial charge < -0.3 is 21.7 Å². The summed E-state index contributed by atoms with van der Waals surface area (Å²) in [5, 5.41) is 15.5. The molecule has 8 nitrogen and oxygen atoms in total. The Labute approximate surface area is 164 Å². The van der Waals surface area contributed by atoms with E-state index in [0.29, 0.717) is 18.4 Å². The van der Waals surface area contributed by atoms with Crippen LogP contribution in [0.3, 0.4) is 0 Å². The third-order valence-electron chi connectivity index (χ3n) is 4.07. The first-order valence-electron chi connectivity index (χ1n) is 9.26. The minimum absolute atomic E-state index is 0.0376. The molecule has 0 saturated heterocycles. The van der Waals surface area contributed by atoms with E-state index in [2.05, 4.69) is 26.5 Å². The van der Waals surface area contributed by atoms with Crippen LogP contribution in [-0.2, 0) is 19.4 Å². The first kappa shape index (κ1) is 30.5. The third-order valence-corrected chi connectivity index (χ3v) is 5.10. The number of carbonyl (C=O) groups excluding carboxylic acids is 1. The van der Waals surface area contributed by atoms with Crippen molar-refractivity contribution in [2.24, 2.45) is 22.8 Å². The molecule has 9 heteroatoms. The number of carboxylic acids is 1. The smallest absolute Gasteiger partial charge is 0.317 e. The Morgan fingerprint density at radius 1 is 1.22 bits per heavy atom. The van der Waals surface area contributed by atoms with Gasteiger partial charge in [-0.2, -0.15) is 0 Å². The first-order chi connectivity index (χ1) is 12.3. The van der Waals surface area contributed by atoms with E-state index >= 15 is 0 Å². The number of rotatable bonds is 7. The average molecular weight is 413 g/mol. The van der Waals surface area contributed by atoms with Gasteiger partial charge in [0.05, 0.1) is 12.3 Å². The largest absolute Gasteiger partial charge is 0.480 e. The molecule has 1 saturated carbocycles. The molecule has 0 radical (unpaired) electrons. The zero-order valence-electron chi connectivity index (χ0n) is 17.5. The molecule has 0 aromatic carbocycles. The van der Waals surface area contributed by atoms with Gasteiger partial charge >= 0.3 is 5.97 Å². The zero-order chi connectivity index (χ0) is 22.1. The Morgan fingerprint density at radius 3 is 1.78 bits per heavy atom. The lowest BCUT2D eigenvalue weighted by Gasteiger charge is -2.44. The highest BCUT2D eigenvalue weighted by Gasteiger charge is 2.36. The SMILES string of the molecule is CCC1CCC1(C)C.CCCO.CS(=O)(=O)CCCC(N)=O.NCC(=O)O. The Kier molecular flexibility index (Phi) is 19.2. The Balaban J connectivity index is -0.000000303. The van der Waals surface area contributed by atoms with Crippen LogP contribution in [0.1, 0.15) is 66.2 Å². The molecule has 0 aromatic rings. The molecule has 1 rings (SSSR count). The second-order valence-electron chi connectivity index (χ2n) is 7.15. The zero-order valence-corrected chi connectivity index (χ0v) is 18.3. The average Bonchev–Trinajstić information content (AvgIpc) is 2.54. The quantitative estimate of drug-likeness (QED) is 0.493. The molecule has 0 spiro atoms.